The predicted molar refractivity (Wildman–Crippen MR) is 358 cm³/mol. The molecule has 0 aliphatic heterocycles. The monoisotopic (exact) mass is 1200 g/mol. The first-order chi connectivity index (χ1) is 34.2. The molecular weight excluding hydrogens is 1070 g/mol. The van der Waals surface area contributed by atoms with Gasteiger partial charge in [0.05, 0.1) is 30.5 Å². The molecule has 0 fully saturated rings. The third-order valence-electron chi connectivity index (χ3n) is 21.4. The topological polar surface area (TPSA) is 81.7 Å². The number of ketones is 1. The standard InChI is InChI=1S/C64H138O8Si6/c1-40-45(2)41-46(3)55(69-75(32,33)61(15,16)17)51(8)58(72-78(38,39)64(24,25)26)49(6)53(66-27)43-52(65)54(68-74(30,31)60(12,13)14)42-47(4)56(70-76(34,35)62(18,19)20)50(7)57(71-77(36,37)63(21,22)23)48(5)44-67-73(28,29)59(9,10)11/h40,46-51,53-58H,41-44H2,1-39H3/b45-40+/t46-,47-,48-,49+,50+,51+,53+,54-,55-,56-,57-,58-/m0/s1. The van der Waals surface area contributed by atoms with E-state index in [1.54, 1.807) is 7.11 Å². The maximum atomic E-state index is 15.8. The normalized spacial score (nSPS) is 19.8. The van der Waals surface area contributed by atoms with Crippen LogP contribution >= 0.6 is 0 Å². The van der Waals surface area contributed by atoms with Crippen LogP contribution in [0.25, 0.3) is 0 Å². The highest BCUT2D eigenvalue weighted by molar-refractivity contribution is 6.76. The average molecular weight is 1200 g/mol. The highest BCUT2D eigenvalue weighted by Gasteiger charge is 2.51. The summed E-state index contributed by atoms with van der Waals surface area (Å²) in [6.45, 7) is 89.1. The van der Waals surface area contributed by atoms with E-state index in [0.29, 0.717) is 13.0 Å². The van der Waals surface area contributed by atoms with E-state index in [0.717, 1.165) is 6.42 Å². The van der Waals surface area contributed by atoms with Crippen molar-refractivity contribution in [2.45, 2.75) is 345 Å². The molecular formula is C64H138O8Si6. The van der Waals surface area contributed by atoms with Gasteiger partial charge in [-0.05, 0) is 147 Å². The van der Waals surface area contributed by atoms with Gasteiger partial charge in [-0.15, -0.1) is 0 Å². The molecule has 0 saturated heterocycles. The van der Waals surface area contributed by atoms with Crippen molar-refractivity contribution in [2.24, 2.45) is 35.5 Å². The minimum absolute atomic E-state index is 0.00478. The molecule has 0 aromatic carbocycles. The Morgan fingerprint density at radius 1 is 0.410 bits per heavy atom. The van der Waals surface area contributed by atoms with Crippen molar-refractivity contribution in [1.29, 1.82) is 0 Å². The summed E-state index contributed by atoms with van der Waals surface area (Å²) in [5, 5.41) is -0.0658. The van der Waals surface area contributed by atoms with E-state index in [4.69, 9.17) is 31.3 Å². The maximum absolute atomic E-state index is 15.8. The lowest BCUT2D eigenvalue weighted by Gasteiger charge is -2.49. The van der Waals surface area contributed by atoms with E-state index >= 15 is 4.79 Å². The fourth-order valence-electron chi connectivity index (χ4n) is 9.03. The first-order valence-corrected chi connectivity index (χ1v) is 48.4. The van der Waals surface area contributed by atoms with E-state index in [1.807, 2.05) is 0 Å². The lowest BCUT2D eigenvalue weighted by atomic mass is 9.79. The second-order valence-corrected chi connectivity index (χ2v) is 62.9. The Morgan fingerprint density at radius 3 is 1.03 bits per heavy atom. The van der Waals surface area contributed by atoms with Crippen molar-refractivity contribution in [2.75, 3.05) is 13.7 Å². The number of allylic oxidation sites excluding steroid dienone is 2. The number of ether oxygens (including phenoxy) is 1. The number of methoxy groups -OCH3 is 1. The molecule has 0 unspecified atom stereocenters. The number of hydrogen-bond acceptors (Lipinski definition) is 8. The van der Waals surface area contributed by atoms with Crippen molar-refractivity contribution in [3.05, 3.63) is 11.6 Å². The van der Waals surface area contributed by atoms with Crippen LogP contribution in [0.15, 0.2) is 11.6 Å². The summed E-state index contributed by atoms with van der Waals surface area (Å²) in [4.78, 5) is 15.8. The van der Waals surface area contributed by atoms with E-state index in [-0.39, 0.29) is 102 Å². The molecule has 0 N–H and O–H groups in total. The molecule has 0 bridgehead atoms. The maximum Gasteiger partial charge on any atom is 0.193 e. The van der Waals surface area contributed by atoms with Crippen LogP contribution in [0.3, 0.4) is 0 Å². The molecule has 466 valence electrons. The highest BCUT2D eigenvalue weighted by Crippen LogP contribution is 2.48. The van der Waals surface area contributed by atoms with Crippen LogP contribution in [0.4, 0.5) is 0 Å². The Hall–Kier alpha value is 0.431. The Kier molecular flexibility index (Phi) is 28.5. The first kappa shape index (κ1) is 78.4. The first-order valence-electron chi connectivity index (χ1n) is 30.9. The molecule has 14 heteroatoms. The predicted octanol–water partition coefficient (Wildman–Crippen LogP) is 20.5. The molecule has 0 aromatic rings. The summed E-state index contributed by atoms with van der Waals surface area (Å²) in [6, 6.07) is 0. The minimum Gasteiger partial charge on any atom is -0.416 e. The summed E-state index contributed by atoms with van der Waals surface area (Å²) < 4.78 is 51.8. The molecule has 0 aliphatic rings. The van der Waals surface area contributed by atoms with Gasteiger partial charge in [0.1, 0.15) is 6.10 Å². The van der Waals surface area contributed by atoms with Gasteiger partial charge in [0, 0.05) is 43.8 Å². The van der Waals surface area contributed by atoms with Gasteiger partial charge in [-0.25, -0.2) is 0 Å². The van der Waals surface area contributed by atoms with Crippen molar-refractivity contribution in [1.82, 2.24) is 0 Å². The van der Waals surface area contributed by atoms with Gasteiger partial charge in [-0.1, -0.05) is 178 Å². The molecule has 0 aliphatic carbocycles. The van der Waals surface area contributed by atoms with Crippen molar-refractivity contribution in [3.8, 4) is 0 Å². The number of hydrogen-bond donors (Lipinski definition) is 0. The summed E-state index contributed by atoms with van der Waals surface area (Å²) in [5.41, 5.74) is 1.37. The van der Waals surface area contributed by atoms with Crippen LogP contribution in [0.2, 0.25) is 109 Å². The van der Waals surface area contributed by atoms with Gasteiger partial charge < -0.3 is 31.3 Å². The second kappa shape index (κ2) is 28.3. The molecule has 12 atom stereocenters. The third kappa shape index (κ3) is 21.7. The highest BCUT2D eigenvalue weighted by atomic mass is 28.4. The fourth-order valence-corrected chi connectivity index (χ4v) is 17.3. The number of carbonyl (C=O) groups is 1. The molecule has 0 spiro atoms. The van der Waals surface area contributed by atoms with Crippen LogP contribution < -0.4 is 0 Å². The van der Waals surface area contributed by atoms with Gasteiger partial charge in [-0.3, -0.25) is 4.79 Å². The molecule has 0 radical (unpaired) electrons. The summed E-state index contributed by atoms with van der Waals surface area (Å²) in [6.07, 6.45) is 2.24. The molecule has 0 saturated carbocycles. The zero-order valence-corrected chi connectivity index (χ0v) is 65.6. The third-order valence-corrected chi connectivity index (χ3v) is 48.2. The Labute approximate surface area is 494 Å². The Morgan fingerprint density at radius 2 is 0.705 bits per heavy atom. The van der Waals surface area contributed by atoms with Crippen molar-refractivity contribution in [3.63, 3.8) is 0 Å². The lowest BCUT2D eigenvalue weighted by molar-refractivity contribution is -0.133. The zero-order chi connectivity index (χ0) is 62.6. The Balaban J connectivity index is 8.24. The van der Waals surface area contributed by atoms with Crippen LogP contribution in [0, 0.1) is 35.5 Å². The van der Waals surface area contributed by atoms with Gasteiger partial charge in [0.25, 0.3) is 0 Å². The molecule has 0 heterocycles. The lowest BCUT2D eigenvalue weighted by Crippen LogP contribution is -2.55. The zero-order valence-electron chi connectivity index (χ0n) is 59.6. The van der Waals surface area contributed by atoms with E-state index in [9.17, 15) is 0 Å². The number of carbonyl (C=O) groups excluding carboxylic acids is 1. The Bertz CT molecular complexity index is 1850. The SMILES string of the molecule is C/C=C(\C)C[C@H](C)[C@H](O[Si](C)(C)C(C)(C)C)[C@@H](C)[C@@H](O[Si](C)(C)C(C)(C)C)[C@H](C)[C@@H](CC(=O)[C@H](C[C@H](C)[C@H](O[Si](C)(C)C(C)(C)C)[C@@H](C)[C@@H](O[Si](C)(C)C(C)(C)C)[C@@H](C)CO[Si](C)(C)C(C)(C)C)O[Si](C)(C)C(C)(C)C)OC. The summed E-state index contributed by atoms with van der Waals surface area (Å²) in [7, 11) is -12.1. The van der Waals surface area contributed by atoms with Gasteiger partial charge >= 0.3 is 0 Å². The van der Waals surface area contributed by atoms with Crippen molar-refractivity contribution < 1.29 is 36.1 Å². The molecule has 0 rings (SSSR count). The smallest absolute Gasteiger partial charge is 0.193 e. The van der Waals surface area contributed by atoms with Crippen molar-refractivity contribution >= 4 is 55.7 Å². The number of Topliss-reactive ketones (excluding diaryl/α,β-unsaturated/α-hetero) is 1. The molecule has 0 amide bonds. The average Bonchev–Trinajstić information content (AvgIpc) is 3.23. The largest absolute Gasteiger partial charge is 0.416 e. The minimum atomic E-state index is -2.50. The summed E-state index contributed by atoms with van der Waals surface area (Å²) >= 11 is 0. The van der Waals surface area contributed by atoms with E-state index in [1.165, 1.54) is 5.57 Å². The van der Waals surface area contributed by atoms with Gasteiger partial charge in [-0.2, -0.15) is 0 Å². The van der Waals surface area contributed by atoms with Crippen LogP contribution in [-0.2, 0) is 36.1 Å². The van der Waals surface area contributed by atoms with Crippen LogP contribution in [-0.4, -0.2) is 106 Å². The fraction of sp³-hybridized carbons (Fsp3) is 0.953. The molecule has 78 heavy (non-hydrogen) atoms. The van der Waals surface area contributed by atoms with E-state index < -0.39 is 62.1 Å². The van der Waals surface area contributed by atoms with Gasteiger partial charge in [0.15, 0.2) is 55.7 Å². The molecule has 8 nitrogen and oxygen atoms in total. The van der Waals surface area contributed by atoms with Crippen LogP contribution in [0.5, 0.6) is 0 Å². The van der Waals surface area contributed by atoms with E-state index in [2.05, 4.69) is 265 Å². The summed E-state index contributed by atoms with van der Waals surface area (Å²) in [5.74, 6) is 0.282. The second-order valence-electron chi connectivity index (χ2n) is 34.3. The quantitative estimate of drug-likeness (QED) is 0.0520. The van der Waals surface area contributed by atoms with Gasteiger partial charge in [0.2, 0.25) is 0 Å². The number of rotatable bonds is 30. The van der Waals surface area contributed by atoms with Crippen LogP contribution in [0.1, 0.15) is 199 Å². The molecule has 0 aromatic heterocycles.